The Labute approximate surface area is 400 Å². The predicted molar refractivity (Wildman–Crippen MR) is 272 cm³/mol. The van der Waals surface area contributed by atoms with E-state index in [9.17, 15) is 0 Å². The molecule has 1 atom stereocenters. The van der Waals surface area contributed by atoms with Crippen LogP contribution in [0.2, 0.25) is 0 Å². The van der Waals surface area contributed by atoms with Crippen LogP contribution in [0.4, 0.5) is 26.3 Å². The second kappa shape index (κ2) is 16.1. The van der Waals surface area contributed by atoms with Crippen LogP contribution < -0.4 is 0 Å². The molecule has 0 spiro atoms. The van der Waals surface area contributed by atoms with Gasteiger partial charge >= 0.3 is 12.4 Å². The monoisotopic (exact) mass is 930 g/mol. The normalized spacial score (nSPS) is 14.3. The summed E-state index contributed by atoms with van der Waals surface area (Å²) in [4.78, 5) is 0. The van der Waals surface area contributed by atoms with Gasteiger partial charge in [0.25, 0.3) is 0 Å². The van der Waals surface area contributed by atoms with Crippen molar-refractivity contribution >= 4 is 43.6 Å². The van der Waals surface area contributed by atoms with Gasteiger partial charge in [0.05, 0.1) is 44.6 Å². The minimum atomic E-state index is -4.85. The summed E-state index contributed by atoms with van der Waals surface area (Å²) >= 11 is 0. The van der Waals surface area contributed by atoms with Crippen molar-refractivity contribution in [2.45, 2.75) is 50.4 Å². The molecule has 11 aromatic rings. The molecule has 9 aromatic carbocycles. The zero-order valence-electron chi connectivity index (χ0n) is 38.2. The molecule has 70 heavy (non-hydrogen) atoms. The Bertz CT molecular complexity index is 3570. The summed E-state index contributed by atoms with van der Waals surface area (Å²) < 4.78 is 100. The van der Waals surface area contributed by atoms with E-state index in [-0.39, 0.29) is 22.3 Å². The molecule has 0 fully saturated rings. The minimum absolute atomic E-state index is 0.125. The molecule has 0 amide bonds. The number of rotatable bonds is 6. The van der Waals surface area contributed by atoms with E-state index in [1.807, 2.05) is 150 Å². The minimum Gasteiger partial charge on any atom is -0.309 e. The molecule has 2 heterocycles. The summed E-state index contributed by atoms with van der Waals surface area (Å²) in [6.07, 6.45) is -8.50. The van der Waals surface area contributed by atoms with E-state index >= 15 is 26.3 Å². The molecular formula is C62H44F6N2. The zero-order valence-corrected chi connectivity index (χ0v) is 38.2. The standard InChI is InChI=1S/C62H44F6N2/c1-60(2,48-36-35-38-19-3-4-20-39(38)40-21-5-6-22-41(40)48)59-57(46-27-7-13-29-49(46)61(63,64)65)55(69-51-31-15-9-23-42(51)43-24-10-16-32-52(43)69)37-56(58(59)47-28-8-14-30-50(47)62(66,67)68)70-53-33-17-11-25-44(53)45-26-12-18-34-54(45)70/h3-34,37,48H,35-36H2,1-2H3. The SMILES string of the molecule is CC(C)(c1c(-c2ccccc2C(F)(F)F)c(-n2c3ccccc3c3ccccc32)cc(-n2c3ccccc3c3ccccc32)c1-c1ccccc1C(F)(F)F)C1CCc2ccccc2-c2ccccc21. The van der Waals surface area contributed by atoms with Crippen LogP contribution in [0.25, 0.3) is 88.4 Å². The number of aromatic nitrogens is 2. The first-order valence-electron chi connectivity index (χ1n) is 23.5. The number of nitrogens with zero attached hydrogens (tertiary/aromatic N) is 2. The Morgan fingerprint density at radius 3 is 1.20 bits per heavy atom. The molecule has 0 bridgehead atoms. The average molecular weight is 931 g/mol. The van der Waals surface area contributed by atoms with E-state index in [1.54, 1.807) is 12.1 Å². The fourth-order valence-corrected chi connectivity index (χ4v) is 11.9. The molecule has 1 aliphatic rings. The topological polar surface area (TPSA) is 9.86 Å². The summed E-state index contributed by atoms with van der Waals surface area (Å²) in [5.41, 5.74) is 5.52. The van der Waals surface area contributed by atoms with Gasteiger partial charge in [0.15, 0.2) is 0 Å². The molecular weight excluding hydrogens is 887 g/mol. The van der Waals surface area contributed by atoms with Crippen LogP contribution in [-0.4, -0.2) is 9.13 Å². The maximum atomic E-state index is 16.0. The maximum absolute atomic E-state index is 16.0. The van der Waals surface area contributed by atoms with Gasteiger partial charge in [-0.3, -0.25) is 0 Å². The van der Waals surface area contributed by atoms with Gasteiger partial charge in [-0.15, -0.1) is 0 Å². The van der Waals surface area contributed by atoms with Crippen LogP contribution in [0, 0.1) is 0 Å². The highest BCUT2D eigenvalue weighted by atomic mass is 19.4. The quantitative estimate of drug-likeness (QED) is 0.147. The van der Waals surface area contributed by atoms with Gasteiger partial charge in [0.2, 0.25) is 0 Å². The van der Waals surface area contributed by atoms with Crippen LogP contribution in [0.1, 0.15) is 54.0 Å². The van der Waals surface area contributed by atoms with Crippen molar-refractivity contribution in [2.75, 3.05) is 0 Å². The second-order valence-corrected chi connectivity index (χ2v) is 18.9. The van der Waals surface area contributed by atoms with Crippen LogP contribution in [0.15, 0.2) is 200 Å². The van der Waals surface area contributed by atoms with Crippen molar-refractivity contribution in [1.29, 1.82) is 0 Å². The van der Waals surface area contributed by atoms with E-state index < -0.39 is 34.8 Å². The molecule has 0 saturated carbocycles. The van der Waals surface area contributed by atoms with Crippen LogP contribution in [0.5, 0.6) is 0 Å². The number of alkyl halides is 6. The highest BCUT2D eigenvalue weighted by molar-refractivity contribution is 6.12. The van der Waals surface area contributed by atoms with Gasteiger partial charge in [-0.2, -0.15) is 26.3 Å². The summed E-state index contributed by atoms with van der Waals surface area (Å²) in [6.45, 7) is 4.06. The number of halogens is 6. The number of hydrogen-bond donors (Lipinski definition) is 0. The number of aryl methyl sites for hydroxylation is 1. The third-order valence-corrected chi connectivity index (χ3v) is 14.8. The largest absolute Gasteiger partial charge is 0.417 e. The Kier molecular flexibility index (Phi) is 10.0. The van der Waals surface area contributed by atoms with Crippen LogP contribution in [0.3, 0.4) is 0 Å². The number of benzene rings is 9. The van der Waals surface area contributed by atoms with Gasteiger partial charge in [0.1, 0.15) is 0 Å². The highest BCUT2D eigenvalue weighted by Gasteiger charge is 2.45. The lowest BCUT2D eigenvalue weighted by atomic mass is 9.63. The number of fused-ring (bicyclic) bond motifs is 9. The molecule has 344 valence electrons. The molecule has 8 heteroatoms. The lowest BCUT2D eigenvalue weighted by Gasteiger charge is -2.41. The third-order valence-electron chi connectivity index (χ3n) is 14.8. The summed E-state index contributed by atoms with van der Waals surface area (Å²) in [7, 11) is 0. The van der Waals surface area contributed by atoms with Gasteiger partial charge in [-0.05, 0) is 106 Å². The second-order valence-electron chi connectivity index (χ2n) is 18.9. The molecule has 0 saturated heterocycles. The fourth-order valence-electron chi connectivity index (χ4n) is 11.9. The number of para-hydroxylation sites is 4. The number of hydrogen-bond acceptors (Lipinski definition) is 0. The first kappa shape index (κ1) is 43.4. The summed E-state index contributed by atoms with van der Waals surface area (Å²) in [5, 5.41) is 3.53. The van der Waals surface area contributed by atoms with Gasteiger partial charge in [-0.25, -0.2) is 0 Å². The van der Waals surface area contributed by atoms with Crippen molar-refractivity contribution in [2.24, 2.45) is 0 Å². The zero-order chi connectivity index (χ0) is 48.1. The molecule has 0 radical (unpaired) electrons. The van der Waals surface area contributed by atoms with Crippen LogP contribution in [-0.2, 0) is 24.2 Å². The Balaban J connectivity index is 1.37. The fraction of sp³-hybridized carbons (Fsp3) is 0.129. The van der Waals surface area contributed by atoms with Crippen molar-refractivity contribution in [3.8, 4) is 44.8 Å². The first-order valence-corrected chi connectivity index (χ1v) is 23.5. The van der Waals surface area contributed by atoms with Gasteiger partial charge in [-0.1, -0.05) is 172 Å². The van der Waals surface area contributed by atoms with E-state index in [4.69, 9.17) is 0 Å². The van der Waals surface area contributed by atoms with E-state index in [0.29, 0.717) is 29.8 Å². The van der Waals surface area contributed by atoms with Crippen molar-refractivity contribution < 1.29 is 26.3 Å². The molecule has 0 N–H and O–H groups in total. The average Bonchev–Trinajstić information content (AvgIpc) is 3.82. The van der Waals surface area contributed by atoms with Gasteiger partial charge < -0.3 is 9.13 Å². The van der Waals surface area contributed by atoms with Crippen molar-refractivity contribution in [1.82, 2.24) is 9.13 Å². The highest BCUT2D eigenvalue weighted by Crippen LogP contribution is 2.58. The molecule has 0 aliphatic heterocycles. The first-order chi connectivity index (χ1) is 33.8. The van der Waals surface area contributed by atoms with Gasteiger partial charge in [0, 0.05) is 32.7 Å². The van der Waals surface area contributed by atoms with E-state index in [1.165, 1.54) is 24.3 Å². The van der Waals surface area contributed by atoms with Crippen molar-refractivity contribution in [3.05, 3.63) is 228 Å². The molecule has 12 rings (SSSR count). The Morgan fingerprint density at radius 2 is 0.757 bits per heavy atom. The molecule has 2 nitrogen and oxygen atoms in total. The van der Waals surface area contributed by atoms with E-state index in [0.717, 1.165) is 78.0 Å². The Morgan fingerprint density at radius 1 is 0.400 bits per heavy atom. The maximum Gasteiger partial charge on any atom is 0.417 e. The predicted octanol–water partition coefficient (Wildman–Crippen LogP) is 17.9. The summed E-state index contributed by atoms with van der Waals surface area (Å²) in [6, 6.07) is 60.6. The summed E-state index contributed by atoms with van der Waals surface area (Å²) in [5.74, 6) is -0.413. The lowest BCUT2D eigenvalue weighted by Crippen LogP contribution is -2.30. The van der Waals surface area contributed by atoms with E-state index in [2.05, 4.69) is 24.3 Å². The van der Waals surface area contributed by atoms with Crippen LogP contribution >= 0.6 is 0 Å². The molecule has 1 unspecified atom stereocenters. The Hall–Kier alpha value is -7.84. The molecule has 1 aliphatic carbocycles. The van der Waals surface area contributed by atoms with Crippen molar-refractivity contribution in [3.63, 3.8) is 0 Å². The third kappa shape index (κ3) is 6.71. The molecule has 2 aromatic heterocycles. The smallest absolute Gasteiger partial charge is 0.309 e. The lowest BCUT2D eigenvalue weighted by molar-refractivity contribution is -0.137.